The van der Waals surface area contributed by atoms with Gasteiger partial charge in [0.2, 0.25) is 5.91 Å². The van der Waals surface area contributed by atoms with Crippen LogP contribution in [0, 0.1) is 0 Å². The van der Waals surface area contributed by atoms with Gasteiger partial charge in [-0.15, -0.1) is 0 Å². The Bertz CT molecular complexity index is 439. The zero-order valence-electron chi connectivity index (χ0n) is 14.1. The van der Waals surface area contributed by atoms with Crippen molar-refractivity contribution in [3.63, 3.8) is 0 Å². The van der Waals surface area contributed by atoms with Crippen LogP contribution in [0.1, 0.15) is 6.92 Å². The predicted molar refractivity (Wildman–Crippen MR) is 82.4 cm³/mol. The van der Waals surface area contributed by atoms with E-state index in [9.17, 15) is 40.5 Å². The van der Waals surface area contributed by atoms with E-state index < -0.39 is 80.8 Å². The van der Waals surface area contributed by atoms with Gasteiger partial charge in [0.15, 0.2) is 6.29 Å². The van der Waals surface area contributed by atoms with E-state index in [1.807, 2.05) is 0 Å². The first-order valence-electron chi connectivity index (χ1n) is 7.98. The zero-order chi connectivity index (χ0) is 20.0. The fraction of sp³-hybridized carbons (Fsp3) is 0.929. The zero-order valence-corrected chi connectivity index (χ0v) is 14.1. The maximum absolute atomic E-state index is 11.3. The minimum Gasteiger partial charge on any atom is -0.394 e. The van der Waals surface area contributed by atoms with Gasteiger partial charge < -0.3 is 55.6 Å². The average Bonchev–Trinajstić information content (AvgIpc) is 2.62. The Morgan fingerprint density at radius 3 is 2.15 bits per heavy atom. The van der Waals surface area contributed by atoms with Crippen molar-refractivity contribution in [3.05, 3.63) is 0 Å². The van der Waals surface area contributed by atoms with Crippen LogP contribution in [0.4, 0.5) is 0 Å². The molecule has 1 fully saturated rings. The second kappa shape index (κ2) is 10.4. The average molecular weight is 385 g/mol. The lowest BCUT2D eigenvalue weighted by Gasteiger charge is -2.43. The van der Waals surface area contributed by atoms with Crippen molar-refractivity contribution < 1.29 is 55.1 Å². The van der Waals surface area contributed by atoms with Crippen LogP contribution in [-0.4, -0.2) is 122 Å². The Kier molecular flexibility index (Phi) is 9.26. The minimum absolute atomic E-state index is 0.599. The van der Waals surface area contributed by atoms with Crippen molar-refractivity contribution in [2.75, 3.05) is 19.8 Å². The minimum atomic E-state index is -1.87. The highest BCUT2D eigenvalue weighted by atomic mass is 16.7. The Balaban J connectivity index is 2.96. The van der Waals surface area contributed by atoms with Crippen LogP contribution in [0.15, 0.2) is 0 Å². The first kappa shape index (κ1) is 23.1. The van der Waals surface area contributed by atoms with Gasteiger partial charge in [-0.2, -0.15) is 0 Å². The molecular formula is C14H27NO11. The molecule has 1 amide bonds. The molecule has 0 spiro atoms. The largest absolute Gasteiger partial charge is 0.394 e. The number of rotatable bonds is 9. The second-order valence-electron chi connectivity index (χ2n) is 6.02. The van der Waals surface area contributed by atoms with Gasteiger partial charge in [0.25, 0.3) is 0 Å². The molecule has 26 heavy (non-hydrogen) atoms. The van der Waals surface area contributed by atoms with Crippen molar-refractivity contribution in [3.8, 4) is 0 Å². The molecule has 0 radical (unpaired) electrons. The van der Waals surface area contributed by atoms with Crippen LogP contribution in [-0.2, 0) is 14.3 Å². The molecular weight excluding hydrogens is 358 g/mol. The molecule has 0 aliphatic carbocycles. The molecule has 9 N–H and O–H groups in total. The highest BCUT2D eigenvalue weighted by Gasteiger charge is 2.47. The summed E-state index contributed by atoms with van der Waals surface area (Å²) in [4.78, 5) is 11.3. The van der Waals surface area contributed by atoms with Crippen molar-refractivity contribution in [2.45, 2.75) is 62.0 Å². The van der Waals surface area contributed by atoms with E-state index in [1.165, 1.54) is 0 Å². The lowest BCUT2D eigenvalue weighted by molar-refractivity contribution is -0.296. The van der Waals surface area contributed by atoms with Crippen LogP contribution in [0.2, 0.25) is 0 Å². The molecule has 0 aromatic heterocycles. The van der Waals surface area contributed by atoms with Gasteiger partial charge in [-0.25, -0.2) is 0 Å². The fourth-order valence-electron chi connectivity index (χ4n) is 2.55. The number of ether oxygens (including phenoxy) is 2. The van der Waals surface area contributed by atoms with Gasteiger partial charge in [-0.05, 0) is 0 Å². The van der Waals surface area contributed by atoms with Crippen LogP contribution < -0.4 is 5.32 Å². The molecule has 0 bridgehead atoms. The van der Waals surface area contributed by atoms with Crippen molar-refractivity contribution in [1.29, 1.82) is 0 Å². The van der Waals surface area contributed by atoms with Gasteiger partial charge in [-0.1, -0.05) is 0 Å². The van der Waals surface area contributed by atoms with Gasteiger partial charge in [-0.3, -0.25) is 4.79 Å². The number of amides is 1. The molecule has 1 saturated heterocycles. The monoisotopic (exact) mass is 385 g/mol. The summed E-state index contributed by atoms with van der Waals surface area (Å²) in [7, 11) is 0. The van der Waals surface area contributed by atoms with Crippen LogP contribution in [0.3, 0.4) is 0 Å². The first-order chi connectivity index (χ1) is 12.2. The summed E-state index contributed by atoms with van der Waals surface area (Å²) in [5.74, 6) is -0.599. The molecule has 1 rings (SSSR count). The SMILES string of the molecule is CC(=O)N[C@H]1[C@H](O[C@H](CO)[C@@H](O)[C@H](O)[C@H](O)CO)O[C@H](CO)[C@@H](O)[C@@H]1O. The maximum atomic E-state index is 11.3. The van der Waals surface area contributed by atoms with Crippen molar-refractivity contribution >= 4 is 5.91 Å². The Labute approximate surface area is 149 Å². The third-order valence-corrected chi connectivity index (χ3v) is 4.05. The number of aliphatic hydroxyl groups excluding tert-OH is 8. The maximum Gasteiger partial charge on any atom is 0.217 e. The number of nitrogens with one attached hydrogen (secondary N) is 1. The normalized spacial score (nSPS) is 34.0. The van der Waals surface area contributed by atoms with E-state index in [-0.39, 0.29) is 0 Å². The summed E-state index contributed by atoms with van der Waals surface area (Å²) in [6, 6.07) is -1.31. The molecule has 9 atom stereocenters. The smallest absolute Gasteiger partial charge is 0.217 e. The molecule has 1 heterocycles. The van der Waals surface area contributed by atoms with Gasteiger partial charge >= 0.3 is 0 Å². The number of aliphatic hydroxyl groups is 8. The van der Waals surface area contributed by atoms with E-state index in [0.29, 0.717) is 0 Å². The number of hydrogen-bond donors (Lipinski definition) is 9. The van der Waals surface area contributed by atoms with E-state index >= 15 is 0 Å². The fourth-order valence-corrected chi connectivity index (χ4v) is 2.55. The topological polar surface area (TPSA) is 209 Å². The van der Waals surface area contributed by atoms with Crippen LogP contribution >= 0.6 is 0 Å². The third-order valence-electron chi connectivity index (χ3n) is 4.05. The lowest BCUT2D eigenvalue weighted by Crippen LogP contribution is -2.65. The Morgan fingerprint density at radius 1 is 1.08 bits per heavy atom. The molecule has 154 valence electrons. The number of carbonyl (C=O) groups is 1. The van der Waals surface area contributed by atoms with Gasteiger partial charge in [0.1, 0.15) is 48.8 Å². The van der Waals surface area contributed by atoms with E-state index in [2.05, 4.69) is 5.32 Å². The van der Waals surface area contributed by atoms with Crippen LogP contribution in [0.25, 0.3) is 0 Å². The van der Waals surface area contributed by atoms with E-state index in [1.54, 1.807) is 0 Å². The van der Waals surface area contributed by atoms with Crippen molar-refractivity contribution in [2.24, 2.45) is 0 Å². The van der Waals surface area contributed by atoms with Gasteiger partial charge in [0.05, 0.1) is 19.8 Å². The third kappa shape index (κ3) is 5.53. The summed E-state index contributed by atoms with van der Waals surface area (Å²) in [5.41, 5.74) is 0. The summed E-state index contributed by atoms with van der Waals surface area (Å²) in [6.45, 7) is -1.27. The van der Waals surface area contributed by atoms with E-state index in [0.717, 1.165) is 6.92 Å². The quantitative estimate of drug-likeness (QED) is 0.183. The predicted octanol–water partition coefficient (Wildman–Crippen LogP) is -5.62. The summed E-state index contributed by atoms with van der Waals surface area (Å²) in [6.07, 6.45) is -12.9. The highest BCUT2D eigenvalue weighted by Crippen LogP contribution is 2.24. The van der Waals surface area contributed by atoms with Crippen LogP contribution in [0.5, 0.6) is 0 Å². The first-order valence-corrected chi connectivity index (χ1v) is 7.98. The Hall–Kier alpha value is -0.930. The molecule has 12 nitrogen and oxygen atoms in total. The molecule has 1 aliphatic heterocycles. The molecule has 0 aromatic rings. The lowest BCUT2D eigenvalue weighted by atomic mass is 9.96. The van der Waals surface area contributed by atoms with Gasteiger partial charge in [0, 0.05) is 6.92 Å². The number of hydrogen-bond acceptors (Lipinski definition) is 11. The molecule has 0 aromatic carbocycles. The number of carbonyl (C=O) groups excluding carboxylic acids is 1. The van der Waals surface area contributed by atoms with E-state index in [4.69, 9.17) is 14.6 Å². The summed E-state index contributed by atoms with van der Waals surface area (Å²) >= 11 is 0. The molecule has 1 aliphatic rings. The van der Waals surface area contributed by atoms with Crippen molar-refractivity contribution in [1.82, 2.24) is 5.32 Å². The molecule has 0 unspecified atom stereocenters. The highest BCUT2D eigenvalue weighted by molar-refractivity contribution is 5.73. The Morgan fingerprint density at radius 2 is 1.69 bits per heavy atom. The standard InChI is InChI=1S/C14H27NO11/c1-5(19)15-9-13(24)12(23)8(4-18)26-14(9)25-7(3-17)11(22)10(21)6(20)2-16/h6-14,16-18,20-24H,2-4H2,1H3,(H,15,19)/t6-,7-,8-,9-,10-,11-,12-,13-,14-/m1/s1. The summed E-state index contributed by atoms with van der Waals surface area (Å²) < 4.78 is 10.6. The molecule has 12 heteroatoms. The molecule has 0 saturated carbocycles. The second-order valence-corrected chi connectivity index (χ2v) is 6.02. The summed E-state index contributed by atoms with van der Waals surface area (Å²) in [5, 5.41) is 78.9.